The second kappa shape index (κ2) is 11.5. The van der Waals surface area contributed by atoms with Gasteiger partial charge in [-0.2, -0.15) is 0 Å². The van der Waals surface area contributed by atoms with Gasteiger partial charge in [0, 0.05) is 40.3 Å². The maximum atomic E-state index is 6.42. The molecule has 0 aliphatic carbocycles. The Kier molecular flexibility index (Phi) is 7.06. The number of aryl methyl sites for hydroxylation is 2. The lowest BCUT2D eigenvalue weighted by atomic mass is 10.1. The molecule has 0 saturated carbocycles. The normalized spacial score (nSPS) is 12.0. The Labute approximate surface area is 271 Å². The first kappa shape index (κ1) is 27.6. The van der Waals surface area contributed by atoms with E-state index in [2.05, 4.69) is 159 Å². The van der Waals surface area contributed by atoms with Gasteiger partial charge in [-0.15, -0.1) is 22.7 Å². The third-order valence-electron chi connectivity index (χ3n) is 8.26. The van der Waals surface area contributed by atoms with Crippen LogP contribution in [0.15, 0.2) is 121 Å². The predicted molar refractivity (Wildman–Crippen MR) is 199 cm³/mol. The molecule has 45 heavy (non-hydrogen) atoms. The van der Waals surface area contributed by atoms with Gasteiger partial charge in [-0.05, 0) is 84.6 Å². The number of fused-ring (bicyclic) bond motifs is 6. The van der Waals surface area contributed by atoms with E-state index in [0.717, 1.165) is 11.5 Å². The van der Waals surface area contributed by atoms with Crippen LogP contribution in [0, 0.1) is 13.8 Å². The quantitative estimate of drug-likeness (QED) is 0.169. The standard InChI is InChI=1S/C42H30OS2/c1-27-3-7-29(8-4-27)11-13-31-15-19-35-37-21-17-33(25-41(37)44-39(35)23-31)43-34-18-22-38-36-20-16-32(24-40(36)45-42(38)26-34)14-12-30-9-5-28(2)6-10-30/h3-26H,1-2H3/b13-11+,14-12+. The molecule has 1 nitrogen and oxygen atoms in total. The molecule has 2 heterocycles. The summed E-state index contributed by atoms with van der Waals surface area (Å²) in [6.07, 6.45) is 8.73. The van der Waals surface area contributed by atoms with E-state index in [0.29, 0.717) is 0 Å². The van der Waals surface area contributed by atoms with Crippen molar-refractivity contribution in [1.29, 1.82) is 0 Å². The number of hydrogen-bond acceptors (Lipinski definition) is 3. The molecule has 0 amide bonds. The molecule has 0 spiro atoms. The summed E-state index contributed by atoms with van der Waals surface area (Å²) in [5.41, 5.74) is 7.39. The van der Waals surface area contributed by atoms with Crippen molar-refractivity contribution in [2.45, 2.75) is 13.8 Å². The number of hydrogen-bond donors (Lipinski definition) is 0. The fraction of sp³-hybridized carbons (Fsp3) is 0.0476. The molecule has 216 valence electrons. The van der Waals surface area contributed by atoms with Crippen LogP contribution in [-0.2, 0) is 0 Å². The average Bonchev–Trinajstić information content (AvgIpc) is 3.60. The van der Waals surface area contributed by atoms with E-state index < -0.39 is 0 Å². The van der Waals surface area contributed by atoms with Crippen LogP contribution < -0.4 is 4.74 Å². The van der Waals surface area contributed by atoms with Crippen LogP contribution in [-0.4, -0.2) is 0 Å². The van der Waals surface area contributed by atoms with Crippen LogP contribution in [0.2, 0.25) is 0 Å². The van der Waals surface area contributed by atoms with Crippen molar-refractivity contribution in [3.8, 4) is 11.5 Å². The third kappa shape index (κ3) is 5.69. The van der Waals surface area contributed by atoms with Gasteiger partial charge in [0.2, 0.25) is 0 Å². The molecule has 3 heteroatoms. The zero-order valence-electron chi connectivity index (χ0n) is 25.1. The van der Waals surface area contributed by atoms with Crippen molar-refractivity contribution in [1.82, 2.24) is 0 Å². The van der Waals surface area contributed by atoms with Crippen LogP contribution in [0.5, 0.6) is 11.5 Å². The van der Waals surface area contributed by atoms with Gasteiger partial charge in [-0.25, -0.2) is 0 Å². The first-order valence-electron chi connectivity index (χ1n) is 15.1. The molecule has 0 saturated heterocycles. The Morgan fingerprint density at radius 3 is 1.13 bits per heavy atom. The van der Waals surface area contributed by atoms with Crippen molar-refractivity contribution in [2.24, 2.45) is 0 Å². The molecule has 8 aromatic rings. The first-order valence-corrected chi connectivity index (χ1v) is 16.8. The van der Waals surface area contributed by atoms with E-state index in [1.54, 1.807) is 0 Å². The molecule has 0 unspecified atom stereocenters. The summed E-state index contributed by atoms with van der Waals surface area (Å²) in [4.78, 5) is 0. The van der Waals surface area contributed by atoms with Gasteiger partial charge in [-0.3, -0.25) is 0 Å². The lowest BCUT2D eigenvalue weighted by Crippen LogP contribution is -1.83. The van der Waals surface area contributed by atoms with Gasteiger partial charge in [0.05, 0.1) is 0 Å². The number of rotatable bonds is 6. The minimum atomic E-state index is 0.859. The summed E-state index contributed by atoms with van der Waals surface area (Å²) in [7, 11) is 0. The number of benzene rings is 6. The summed E-state index contributed by atoms with van der Waals surface area (Å²) in [6, 6.07) is 43.6. The monoisotopic (exact) mass is 614 g/mol. The summed E-state index contributed by atoms with van der Waals surface area (Å²) in [5, 5.41) is 5.11. The molecule has 8 rings (SSSR count). The van der Waals surface area contributed by atoms with Crippen LogP contribution in [0.4, 0.5) is 0 Å². The van der Waals surface area contributed by atoms with Gasteiger partial charge in [0.1, 0.15) is 11.5 Å². The Bertz CT molecular complexity index is 2230. The second-order valence-corrected chi connectivity index (χ2v) is 13.8. The molecule has 0 aliphatic rings. The van der Waals surface area contributed by atoms with Crippen molar-refractivity contribution in [3.63, 3.8) is 0 Å². The topological polar surface area (TPSA) is 9.23 Å². The highest BCUT2D eigenvalue weighted by atomic mass is 32.1. The zero-order valence-corrected chi connectivity index (χ0v) is 26.7. The minimum Gasteiger partial charge on any atom is -0.457 e. The first-order chi connectivity index (χ1) is 22.0. The Hall–Kier alpha value is -4.96. The maximum Gasteiger partial charge on any atom is 0.128 e. The fourth-order valence-electron chi connectivity index (χ4n) is 5.76. The highest BCUT2D eigenvalue weighted by Crippen LogP contribution is 2.40. The van der Waals surface area contributed by atoms with Gasteiger partial charge in [-0.1, -0.05) is 108 Å². The van der Waals surface area contributed by atoms with Gasteiger partial charge in [0.15, 0.2) is 0 Å². The smallest absolute Gasteiger partial charge is 0.128 e. The molecular formula is C42H30OS2. The van der Waals surface area contributed by atoms with E-state index in [4.69, 9.17) is 4.74 Å². The van der Waals surface area contributed by atoms with Crippen LogP contribution >= 0.6 is 22.7 Å². The minimum absolute atomic E-state index is 0.859. The third-order valence-corrected chi connectivity index (χ3v) is 10.5. The van der Waals surface area contributed by atoms with Crippen LogP contribution in [0.3, 0.4) is 0 Å². The van der Waals surface area contributed by atoms with Crippen LogP contribution in [0.25, 0.3) is 64.6 Å². The number of thiophene rings is 2. The second-order valence-electron chi connectivity index (χ2n) is 11.6. The molecule has 0 fully saturated rings. The molecule has 0 atom stereocenters. The Balaban J connectivity index is 1.03. The molecule has 0 radical (unpaired) electrons. The van der Waals surface area contributed by atoms with Crippen LogP contribution in [0.1, 0.15) is 33.4 Å². The summed E-state index contributed by atoms with van der Waals surface area (Å²) >= 11 is 3.63. The van der Waals surface area contributed by atoms with Crippen molar-refractivity contribution >= 4 is 87.3 Å². The lowest BCUT2D eigenvalue weighted by molar-refractivity contribution is 0.484. The molecule has 6 aromatic carbocycles. The van der Waals surface area contributed by atoms with Gasteiger partial charge < -0.3 is 4.74 Å². The number of ether oxygens (including phenoxy) is 1. The summed E-state index contributed by atoms with van der Waals surface area (Å²) in [6.45, 7) is 4.23. The van der Waals surface area contributed by atoms with E-state index in [1.807, 2.05) is 22.7 Å². The predicted octanol–water partition coefficient (Wildman–Crippen LogP) is 13.2. The highest BCUT2D eigenvalue weighted by molar-refractivity contribution is 7.26. The molecule has 2 aromatic heterocycles. The Morgan fingerprint density at radius 1 is 0.378 bits per heavy atom. The fourth-order valence-corrected chi connectivity index (χ4v) is 8.12. The van der Waals surface area contributed by atoms with E-state index >= 15 is 0 Å². The van der Waals surface area contributed by atoms with E-state index in [-0.39, 0.29) is 0 Å². The molecule has 0 N–H and O–H groups in total. The van der Waals surface area contributed by atoms with Gasteiger partial charge >= 0.3 is 0 Å². The SMILES string of the molecule is Cc1ccc(/C=C/c2ccc3c(c2)sc2cc(Oc4ccc5c(c4)sc4cc(/C=C/c6ccc(C)cc6)ccc45)ccc23)cc1. The zero-order chi connectivity index (χ0) is 30.3. The summed E-state index contributed by atoms with van der Waals surface area (Å²) < 4.78 is 11.5. The van der Waals surface area contributed by atoms with Gasteiger partial charge in [0.25, 0.3) is 0 Å². The molecular weight excluding hydrogens is 585 g/mol. The van der Waals surface area contributed by atoms with Crippen molar-refractivity contribution < 1.29 is 4.74 Å². The van der Waals surface area contributed by atoms with Crippen molar-refractivity contribution in [2.75, 3.05) is 0 Å². The summed E-state index contributed by atoms with van der Waals surface area (Å²) in [5.74, 6) is 1.72. The highest BCUT2D eigenvalue weighted by Gasteiger charge is 2.10. The lowest BCUT2D eigenvalue weighted by Gasteiger charge is -2.06. The molecule has 0 aliphatic heterocycles. The average molecular weight is 615 g/mol. The van der Waals surface area contributed by atoms with Crippen molar-refractivity contribution in [3.05, 3.63) is 155 Å². The van der Waals surface area contributed by atoms with E-state index in [1.165, 1.54) is 73.7 Å². The Morgan fingerprint density at radius 2 is 0.711 bits per heavy atom. The maximum absolute atomic E-state index is 6.42. The van der Waals surface area contributed by atoms with E-state index in [9.17, 15) is 0 Å². The molecule has 0 bridgehead atoms. The largest absolute Gasteiger partial charge is 0.457 e.